The first-order valence-electron chi connectivity index (χ1n) is 12.5. The summed E-state index contributed by atoms with van der Waals surface area (Å²) in [5.74, 6) is -0.239. The fraction of sp³-hybridized carbons (Fsp3) is 0.880. The van der Waals surface area contributed by atoms with E-state index >= 15 is 0 Å². The number of esters is 1. The second-order valence-corrected chi connectivity index (χ2v) is 8.87. The van der Waals surface area contributed by atoms with Gasteiger partial charge in [0.25, 0.3) is 0 Å². The Morgan fingerprint density at radius 2 is 1.40 bits per heavy atom. The van der Waals surface area contributed by atoms with Crippen LogP contribution in [0, 0.1) is 0 Å². The Kier molecular flexibility index (Phi) is 16.6. The number of rotatable bonds is 20. The number of unbranched alkanes of at least 4 members (excludes halogenated alkanes) is 13. The van der Waals surface area contributed by atoms with Crippen LogP contribution >= 0.6 is 0 Å². The molecule has 30 heavy (non-hydrogen) atoms. The number of hydrogen-bond donors (Lipinski definition) is 0. The van der Waals surface area contributed by atoms with Crippen molar-refractivity contribution in [2.24, 2.45) is 0 Å². The van der Waals surface area contributed by atoms with Crippen LogP contribution in [0.2, 0.25) is 0 Å². The van der Waals surface area contributed by atoms with Crippen molar-refractivity contribution in [3.05, 3.63) is 12.4 Å². The van der Waals surface area contributed by atoms with E-state index in [9.17, 15) is 4.79 Å². The molecule has 5 nitrogen and oxygen atoms in total. The van der Waals surface area contributed by atoms with Gasteiger partial charge in [0.15, 0.2) is 0 Å². The SMILES string of the molecule is CCCCCCCCCCCCCCCCOCC(CN1C=CN(C)C1)OC(C)=O. The highest BCUT2D eigenvalue weighted by Gasteiger charge is 2.18. The molecular weight excluding hydrogens is 376 g/mol. The van der Waals surface area contributed by atoms with Gasteiger partial charge >= 0.3 is 5.97 Å². The molecule has 0 fully saturated rings. The van der Waals surface area contributed by atoms with Gasteiger partial charge in [0, 0.05) is 33.0 Å². The molecule has 0 radical (unpaired) electrons. The molecule has 0 spiro atoms. The summed E-state index contributed by atoms with van der Waals surface area (Å²) in [6.45, 7) is 6.49. The molecular formula is C25H48N2O3. The third-order valence-corrected chi connectivity index (χ3v) is 5.65. The van der Waals surface area contributed by atoms with Gasteiger partial charge in [-0.25, -0.2) is 0 Å². The smallest absolute Gasteiger partial charge is 0.303 e. The predicted octanol–water partition coefficient (Wildman–Crippen LogP) is 6.09. The average Bonchev–Trinajstić information content (AvgIpc) is 3.11. The van der Waals surface area contributed by atoms with Gasteiger partial charge in [0.2, 0.25) is 0 Å². The number of ether oxygens (including phenoxy) is 2. The molecule has 0 aromatic heterocycles. The minimum Gasteiger partial charge on any atom is -0.458 e. The van der Waals surface area contributed by atoms with E-state index in [1.54, 1.807) is 0 Å². The van der Waals surface area contributed by atoms with Gasteiger partial charge in [0.05, 0.1) is 19.8 Å². The maximum Gasteiger partial charge on any atom is 0.303 e. The van der Waals surface area contributed by atoms with Crippen molar-refractivity contribution >= 4 is 5.97 Å². The number of carbonyl (C=O) groups is 1. The van der Waals surface area contributed by atoms with E-state index in [-0.39, 0.29) is 12.1 Å². The summed E-state index contributed by atoms with van der Waals surface area (Å²) in [5, 5.41) is 0. The predicted molar refractivity (Wildman–Crippen MR) is 125 cm³/mol. The first kappa shape index (κ1) is 26.8. The van der Waals surface area contributed by atoms with Crippen molar-refractivity contribution in [1.29, 1.82) is 0 Å². The normalized spacial score (nSPS) is 14.5. The summed E-state index contributed by atoms with van der Waals surface area (Å²) in [6.07, 6.45) is 22.9. The summed E-state index contributed by atoms with van der Waals surface area (Å²) < 4.78 is 11.2. The van der Waals surface area contributed by atoms with E-state index in [1.807, 2.05) is 19.4 Å². The molecule has 0 amide bonds. The fourth-order valence-corrected chi connectivity index (χ4v) is 3.94. The van der Waals surface area contributed by atoms with E-state index in [0.29, 0.717) is 13.2 Å². The van der Waals surface area contributed by atoms with Crippen LogP contribution in [0.25, 0.3) is 0 Å². The average molecular weight is 425 g/mol. The van der Waals surface area contributed by atoms with E-state index in [2.05, 4.69) is 16.7 Å². The Bertz CT molecular complexity index is 442. The highest BCUT2D eigenvalue weighted by atomic mass is 16.6. The molecule has 0 saturated carbocycles. The second-order valence-electron chi connectivity index (χ2n) is 8.87. The van der Waals surface area contributed by atoms with Crippen LogP contribution in [-0.2, 0) is 14.3 Å². The van der Waals surface area contributed by atoms with Crippen molar-refractivity contribution in [1.82, 2.24) is 9.80 Å². The number of hydrogen-bond acceptors (Lipinski definition) is 5. The molecule has 5 heteroatoms. The second kappa shape index (κ2) is 18.5. The Labute approximate surface area is 186 Å². The zero-order valence-corrected chi connectivity index (χ0v) is 20.1. The van der Waals surface area contributed by atoms with Crippen LogP contribution in [0.4, 0.5) is 0 Å². The molecule has 176 valence electrons. The summed E-state index contributed by atoms with van der Waals surface area (Å²) in [6, 6.07) is 0. The van der Waals surface area contributed by atoms with Gasteiger partial charge in [-0.15, -0.1) is 0 Å². The molecule has 1 aliphatic heterocycles. The van der Waals surface area contributed by atoms with Gasteiger partial charge in [-0.2, -0.15) is 0 Å². The molecule has 1 unspecified atom stereocenters. The summed E-state index contributed by atoms with van der Waals surface area (Å²) >= 11 is 0. The van der Waals surface area contributed by atoms with E-state index in [0.717, 1.165) is 19.7 Å². The standard InChI is InChI=1S/C25H48N2O3/c1-4-5-6-7-8-9-10-11-12-13-14-15-16-17-20-29-22-25(30-24(2)28)21-27-19-18-26(3)23-27/h18-19,25H,4-17,20-23H2,1-3H3. The third-order valence-electron chi connectivity index (χ3n) is 5.65. The van der Waals surface area contributed by atoms with Gasteiger partial charge in [-0.1, -0.05) is 90.4 Å². The van der Waals surface area contributed by atoms with Crippen LogP contribution in [0.3, 0.4) is 0 Å². The lowest BCUT2D eigenvalue weighted by atomic mass is 10.0. The molecule has 1 aliphatic rings. The topological polar surface area (TPSA) is 42.0 Å². The Morgan fingerprint density at radius 1 is 0.867 bits per heavy atom. The Morgan fingerprint density at radius 3 is 1.87 bits per heavy atom. The van der Waals surface area contributed by atoms with Crippen molar-refractivity contribution in [3.8, 4) is 0 Å². The summed E-state index contributed by atoms with van der Waals surface area (Å²) in [5.41, 5.74) is 0. The molecule has 0 aliphatic carbocycles. The largest absolute Gasteiger partial charge is 0.458 e. The van der Waals surface area contributed by atoms with Crippen LogP contribution in [0.1, 0.15) is 104 Å². The quantitative estimate of drug-likeness (QED) is 0.175. The van der Waals surface area contributed by atoms with E-state index < -0.39 is 0 Å². The van der Waals surface area contributed by atoms with E-state index in [1.165, 1.54) is 90.4 Å². The Hall–Kier alpha value is -1.23. The Balaban J connectivity index is 1.89. The first-order chi connectivity index (χ1) is 14.6. The van der Waals surface area contributed by atoms with Crippen molar-refractivity contribution in [2.75, 3.05) is 33.5 Å². The first-order valence-corrected chi connectivity index (χ1v) is 12.5. The lowest BCUT2D eigenvalue weighted by Gasteiger charge is -2.24. The molecule has 1 rings (SSSR count). The molecule has 1 atom stereocenters. The van der Waals surface area contributed by atoms with Crippen molar-refractivity contribution in [2.45, 2.75) is 110 Å². The molecule has 1 heterocycles. The van der Waals surface area contributed by atoms with Crippen LogP contribution in [0.5, 0.6) is 0 Å². The minimum absolute atomic E-state index is 0.203. The molecule has 0 bridgehead atoms. The maximum atomic E-state index is 11.3. The van der Waals surface area contributed by atoms with E-state index in [4.69, 9.17) is 9.47 Å². The maximum absolute atomic E-state index is 11.3. The molecule has 0 aromatic carbocycles. The third kappa shape index (κ3) is 15.6. The van der Waals surface area contributed by atoms with Gasteiger partial charge in [0.1, 0.15) is 6.10 Å². The highest BCUT2D eigenvalue weighted by Crippen LogP contribution is 2.13. The number of nitrogens with zero attached hydrogens (tertiary/aromatic N) is 2. The van der Waals surface area contributed by atoms with Crippen molar-refractivity contribution < 1.29 is 14.3 Å². The van der Waals surface area contributed by atoms with Crippen LogP contribution in [0.15, 0.2) is 12.4 Å². The number of carbonyl (C=O) groups excluding carboxylic acids is 1. The fourth-order valence-electron chi connectivity index (χ4n) is 3.94. The molecule has 0 aromatic rings. The zero-order chi connectivity index (χ0) is 21.9. The zero-order valence-electron chi connectivity index (χ0n) is 20.1. The van der Waals surface area contributed by atoms with Gasteiger partial charge < -0.3 is 19.3 Å². The minimum atomic E-state index is -0.239. The van der Waals surface area contributed by atoms with Gasteiger partial charge in [-0.05, 0) is 6.42 Å². The lowest BCUT2D eigenvalue weighted by Crippen LogP contribution is -2.36. The summed E-state index contributed by atoms with van der Waals surface area (Å²) in [7, 11) is 2.03. The monoisotopic (exact) mass is 424 g/mol. The van der Waals surface area contributed by atoms with Gasteiger partial charge in [-0.3, -0.25) is 4.79 Å². The van der Waals surface area contributed by atoms with Crippen molar-refractivity contribution in [3.63, 3.8) is 0 Å². The summed E-state index contributed by atoms with van der Waals surface area (Å²) in [4.78, 5) is 15.6. The molecule has 0 N–H and O–H groups in total. The van der Waals surface area contributed by atoms with Crippen LogP contribution in [-0.4, -0.2) is 55.3 Å². The highest BCUT2D eigenvalue weighted by molar-refractivity contribution is 5.66. The van der Waals surface area contributed by atoms with Crippen LogP contribution < -0.4 is 0 Å². The molecule has 0 saturated heterocycles. The lowest BCUT2D eigenvalue weighted by molar-refractivity contribution is -0.150.